The highest BCUT2D eigenvalue weighted by Crippen LogP contribution is 2.37. The lowest BCUT2D eigenvalue weighted by atomic mass is 10.2. The number of rotatable bonds is 3. The largest absolute Gasteiger partial charge is 0.316 e. The van der Waals surface area contributed by atoms with Crippen LogP contribution in [0.1, 0.15) is 39.8 Å². The van der Waals surface area contributed by atoms with Crippen LogP contribution in [0.5, 0.6) is 0 Å². The van der Waals surface area contributed by atoms with E-state index in [2.05, 4.69) is 73.7 Å². The minimum atomic E-state index is -0.677. The molecule has 0 fully saturated rings. The molecule has 2 aromatic carbocycles. The molecule has 0 aliphatic rings. The van der Waals surface area contributed by atoms with Gasteiger partial charge in [0.2, 0.25) is 0 Å². The Hall–Kier alpha value is -1.44. The molecule has 33 heavy (non-hydrogen) atoms. The Morgan fingerprint density at radius 2 is 1.39 bits per heavy atom. The lowest BCUT2D eigenvalue weighted by Gasteiger charge is -2.09. The number of hydrogen-bond acceptors (Lipinski definition) is 4. The molecular weight excluding hydrogens is 700 g/mol. The molecule has 4 rings (SSSR count). The van der Waals surface area contributed by atoms with Crippen molar-refractivity contribution in [2.24, 2.45) is 0 Å². The van der Waals surface area contributed by atoms with Crippen molar-refractivity contribution in [3.05, 3.63) is 58.4 Å². The number of halogens is 6. The fourth-order valence-electron chi connectivity index (χ4n) is 3.34. The first kappa shape index (κ1) is 26.2. The van der Waals surface area contributed by atoms with Gasteiger partial charge in [0.15, 0.2) is 15.0 Å². The van der Waals surface area contributed by atoms with Gasteiger partial charge in [-0.2, -0.15) is 0 Å². The van der Waals surface area contributed by atoms with Crippen molar-refractivity contribution < 1.29 is 13.7 Å². The first-order valence-electron chi connectivity index (χ1n) is 9.57. The van der Waals surface area contributed by atoms with E-state index in [1.165, 1.54) is 12.1 Å². The maximum atomic E-state index is 13.7. The van der Waals surface area contributed by atoms with Gasteiger partial charge in [0, 0.05) is 24.2 Å². The van der Waals surface area contributed by atoms with Gasteiger partial charge < -0.3 is 9.13 Å². The van der Waals surface area contributed by atoms with Gasteiger partial charge in [-0.3, -0.25) is 10.1 Å². The van der Waals surface area contributed by atoms with Crippen molar-refractivity contribution >= 4 is 91.5 Å². The Labute approximate surface area is 221 Å². The van der Waals surface area contributed by atoms with Gasteiger partial charge in [-0.05, 0) is 97.5 Å². The Morgan fingerprint density at radius 1 is 0.879 bits per heavy atom. The Kier molecular flexibility index (Phi) is 7.97. The smallest absolute Gasteiger partial charge is 0.314 e. The van der Waals surface area contributed by atoms with Crippen molar-refractivity contribution in [2.45, 2.75) is 39.8 Å². The highest BCUT2D eigenvalue weighted by atomic mass is 79.9. The molecule has 13 heteroatoms. The minimum absolute atomic E-state index is 0.00422. The maximum absolute atomic E-state index is 13.7. The molecule has 0 saturated carbocycles. The van der Waals surface area contributed by atoms with Crippen molar-refractivity contribution in [3.8, 4) is 0 Å². The van der Waals surface area contributed by atoms with E-state index in [-0.39, 0.29) is 33.6 Å². The summed E-state index contributed by atoms with van der Waals surface area (Å²) in [6.45, 7) is 7.84. The lowest BCUT2D eigenvalue weighted by Crippen LogP contribution is -2.01. The summed E-state index contributed by atoms with van der Waals surface area (Å²) in [5.74, 6) is -0.944. The van der Waals surface area contributed by atoms with Crippen molar-refractivity contribution in [2.75, 3.05) is 0 Å². The second-order valence-corrected chi connectivity index (χ2v) is 10.7. The molecule has 0 amide bonds. The first-order valence-corrected chi connectivity index (χ1v) is 12.7. The predicted octanol–water partition coefficient (Wildman–Crippen LogP) is 8.47. The number of nitro benzene ring substituents is 1. The van der Waals surface area contributed by atoms with E-state index in [0.29, 0.717) is 14.7 Å². The van der Waals surface area contributed by atoms with E-state index in [1.54, 1.807) is 10.6 Å². The second kappa shape index (κ2) is 10.0. The Bertz CT molecular complexity index is 1380. The number of fused-ring (bicyclic) bond motifs is 2. The van der Waals surface area contributed by atoms with E-state index in [0.717, 1.165) is 15.8 Å². The summed E-state index contributed by atoms with van der Waals surface area (Å²) in [7, 11) is 0. The van der Waals surface area contributed by atoms with Crippen LogP contribution in [0, 0.1) is 21.7 Å². The van der Waals surface area contributed by atoms with E-state index in [9.17, 15) is 18.9 Å². The fraction of sp³-hybridized carbons (Fsp3) is 0.300. The first-order chi connectivity index (χ1) is 15.3. The number of hydrogen-bond donors (Lipinski definition) is 0. The molecule has 4 aromatic rings. The van der Waals surface area contributed by atoms with E-state index >= 15 is 0 Å². The fourth-order valence-corrected chi connectivity index (χ4v) is 5.69. The highest BCUT2D eigenvalue weighted by molar-refractivity contribution is 9.11. The molecule has 0 N–H and O–H groups in total. The molecule has 176 valence electrons. The van der Waals surface area contributed by atoms with Gasteiger partial charge >= 0.3 is 5.69 Å². The third-order valence-corrected chi connectivity index (χ3v) is 7.20. The van der Waals surface area contributed by atoms with E-state index in [1.807, 2.05) is 32.3 Å². The van der Waals surface area contributed by atoms with Crippen molar-refractivity contribution in [3.63, 3.8) is 0 Å². The van der Waals surface area contributed by atoms with Crippen molar-refractivity contribution in [1.82, 2.24) is 19.1 Å². The molecule has 0 aliphatic heterocycles. The summed E-state index contributed by atoms with van der Waals surface area (Å²) in [5, 5.41) is 11.0. The average Bonchev–Trinajstić information content (AvgIpc) is 3.18. The van der Waals surface area contributed by atoms with Gasteiger partial charge in [0.1, 0.15) is 16.1 Å². The summed E-state index contributed by atoms with van der Waals surface area (Å²) >= 11 is 12.6. The number of nitrogens with zero attached hydrogens (tertiary/aromatic N) is 5. The summed E-state index contributed by atoms with van der Waals surface area (Å²) in [5.41, 5.74) is 1.78. The van der Waals surface area contributed by atoms with Crippen LogP contribution in [0.25, 0.3) is 22.1 Å². The second-order valence-electron chi connectivity index (χ2n) is 7.59. The zero-order chi connectivity index (χ0) is 24.8. The maximum Gasteiger partial charge on any atom is 0.314 e. The third kappa shape index (κ3) is 5.01. The van der Waals surface area contributed by atoms with Crippen LogP contribution in [0.4, 0.5) is 14.5 Å². The number of imidazole rings is 2. The summed E-state index contributed by atoms with van der Waals surface area (Å²) in [4.78, 5) is 18.8. The molecule has 7 nitrogen and oxygen atoms in total. The standard InChI is InChI=1S/C10H8Br2FN3O2.C10H9Br2FN2/c1-4(2)15-6-3-5(13)7(11)9(16(17)18)8(6)14-10(15)12;1-5(2)15-9-4-7(13)6(11)3-8(9)14-10(15)12/h3-4H,1-2H3;3-5H,1-2H3. The molecule has 2 aromatic heterocycles. The molecule has 0 atom stereocenters. The topological polar surface area (TPSA) is 78.8 Å². The highest BCUT2D eigenvalue weighted by Gasteiger charge is 2.26. The third-order valence-electron chi connectivity index (χ3n) is 4.71. The summed E-state index contributed by atoms with van der Waals surface area (Å²) in [6, 6.07) is 4.67. The average molecular weight is 717 g/mol. The van der Waals surface area contributed by atoms with Gasteiger partial charge in [0.25, 0.3) is 0 Å². The van der Waals surface area contributed by atoms with Crippen LogP contribution in [-0.4, -0.2) is 24.0 Å². The van der Waals surface area contributed by atoms with Gasteiger partial charge in [-0.1, -0.05) is 0 Å². The molecule has 0 spiro atoms. The summed E-state index contributed by atoms with van der Waals surface area (Å²) in [6.07, 6.45) is 0. The quantitative estimate of drug-likeness (QED) is 0.158. The monoisotopic (exact) mass is 713 g/mol. The van der Waals surface area contributed by atoms with Gasteiger partial charge in [-0.25, -0.2) is 18.7 Å². The predicted molar refractivity (Wildman–Crippen MR) is 138 cm³/mol. The van der Waals surface area contributed by atoms with E-state index < -0.39 is 10.7 Å². The lowest BCUT2D eigenvalue weighted by molar-refractivity contribution is -0.384. The SMILES string of the molecule is CC(C)n1c(Br)nc2c([N+](=O)[O-])c(Br)c(F)cc21.CC(C)n1c(Br)nc2cc(Br)c(F)cc21. The van der Waals surface area contributed by atoms with Crippen LogP contribution >= 0.6 is 63.7 Å². The van der Waals surface area contributed by atoms with Crippen LogP contribution in [0.2, 0.25) is 0 Å². The van der Waals surface area contributed by atoms with Crippen LogP contribution in [0.3, 0.4) is 0 Å². The minimum Gasteiger partial charge on any atom is -0.316 e. The molecule has 0 bridgehead atoms. The Balaban J connectivity index is 0.000000189. The normalized spacial score (nSPS) is 11.5. The number of benzene rings is 2. The Morgan fingerprint density at radius 3 is 1.94 bits per heavy atom. The zero-order valence-corrected chi connectivity index (χ0v) is 24.1. The van der Waals surface area contributed by atoms with Gasteiger partial charge in [-0.15, -0.1) is 0 Å². The van der Waals surface area contributed by atoms with Crippen LogP contribution in [-0.2, 0) is 0 Å². The number of aromatic nitrogens is 4. The van der Waals surface area contributed by atoms with Crippen LogP contribution in [0.15, 0.2) is 36.6 Å². The molecule has 2 heterocycles. The summed E-state index contributed by atoms with van der Waals surface area (Å²) < 4.78 is 32.2. The van der Waals surface area contributed by atoms with E-state index in [4.69, 9.17) is 0 Å². The van der Waals surface area contributed by atoms with Crippen molar-refractivity contribution in [1.29, 1.82) is 0 Å². The molecule has 0 aliphatic carbocycles. The number of nitro groups is 1. The molecule has 0 unspecified atom stereocenters. The van der Waals surface area contributed by atoms with Gasteiger partial charge in [0.05, 0.1) is 25.9 Å². The van der Waals surface area contributed by atoms with Crippen LogP contribution < -0.4 is 0 Å². The zero-order valence-electron chi connectivity index (χ0n) is 17.7. The molecular formula is C20H17Br4F2N5O2. The molecule has 0 saturated heterocycles. The molecule has 0 radical (unpaired) electrons.